The molecule has 0 aliphatic carbocycles. The molecule has 0 amide bonds. The lowest BCUT2D eigenvalue weighted by Crippen LogP contribution is -2.44. The smallest absolute Gasteiger partial charge is 0.0106 e. The van der Waals surface area contributed by atoms with Gasteiger partial charge in [0.25, 0.3) is 0 Å². The van der Waals surface area contributed by atoms with Gasteiger partial charge < -0.3 is 15.5 Å². The van der Waals surface area contributed by atoms with Crippen LogP contribution in [-0.2, 0) is 0 Å². The minimum absolute atomic E-state index is 0.195. The Labute approximate surface area is 89.2 Å². The molecule has 1 atom stereocenters. The maximum atomic E-state index is 5.94. The van der Waals surface area contributed by atoms with Crippen LogP contribution in [0, 0.1) is 5.41 Å². The normalized spacial score (nSPS) is 15.2. The molecular formula is C11H27N3. The van der Waals surface area contributed by atoms with Crippen LogP contribution in [0.1, 0.15) is 20.8 Å². The van der Waals surface area contributed by atoms with Gasteiger partial charge in [0.05, 0.1) is 0 Å². The van der Waals surface area contributed by atoms with Crippen molar-refractivity contribution < 1.29 is 0 Å². The average Bonchev–Trinajstić information content (AvgIpc) is 1.99. The van der Waals surface area contributed by atoms with Gasteiger partial charge in [-0.05, 0) is 33.5 Å². The maximum absolute atomic E-state index is 5.94. The molecule has 0 aliphatic heterocycles. The second-order valence-electron chi connectivity index (χ2n) is 5.32. The molecule has 0 rings (SSSR count). The van der Waals surface area contributed by atoms with Gasteiger partial charge in [-0.2, -0.15) is 0 Å². The van der Waals surface area contributed by atoms with Crippen molar-refractivity contribution in [2.45, 2.75) is 26.8 Å². The molecule has 86 valence electrons. The molecule has 0 aromatic rings. The van der Waals surface area contributed by atoms with Crippen LogP contribution >= 0.6 is 0 Å². The number of likely N-dealkylation sites (N-methyl/N-ethyl adjacent to an activating group) is 2. The largest absolute Gasteiger partial charge is 0.327 e. The quantitative estimate of drug-likeness (QED) is 0.691. The van der Waals surface area contributed by atoms with Gasteiger partial charge in [0.2, 0.25) is 0 Å². The van der Waals surface area contributed by atoms with Crippen molar-refractivity contribution in [2.75, 3.05) is 40.8 Å². The molecule has 0 saturated heterocycles. The SMILES string of the molecule is CC(N)C(C)(C)CN(C)CCN(C)C. The molecule has 0 aliphatic rings. The first kappa shape index (κ1) is 13.9. The Kier molecular flexibility index (Phi) is 5.64. The number of hydrogen-bond donors (Lipinski definition) is 1. The third kappa shape index (κ3) is 5.58. The van der Waals surface area contributed by atoms with Crippen molar-refractivity contribution in [3.63, 3.8) is 0 Å². The molecule has 0 radical (unpaired) electrons. The van der Waals surface area contributed by atoms with Crippen molar-refractivity contribution in [3.8, 4) is 0 Å². The van der Waals surface area contributed by atoms with Crippen molar-refractivity contribution >= 4 is 0 Å². The van der Waals surface area contributed by atoms with Crippen LogP contribution in [-0.4, -0.2) is 56.6 Å². The Balaban J connectivity index is 3.87. The second-order valence-corrected chi connectivity index (χ2v) is 5.32. The van der Waals surface area contributed by atoms with E-state index in [1.165, 1.54) is 0 Å². The van der Waals surface area contributed by atoms with Crippen molar-refractivity contribution in [3.05, 3.63) is 0 Å². The summed E-state index contributed by atoms with van der Waals surface area (Å²) >= 11 is 0. The van der Waals surface area contributed by atoms with Gasteiger partial charge in [-0.25, -0.2) is 0 Å². The molecule has 1 unspecified atom stereocenters. The molecule has 0 fully saturated rings. The van der Waals surface area contributed by atoms with E-state index in [0.717, 1.165) is 19.6 Å². The van der Waals surface area contributed by atoms with Crippen LogP contribution in [0.4, 0.5) is 0 Å². The molecule has 3 nitrogen and oxygen atoms in total. The number of hydrogen-bond acceptors (Lipinski definition) is 3. The summed E-state index contributed by atoms with van der Waals surface area (Å²) in [5.41, 5.74) is 6.13. The number of nitrogens with zero attached hydrogens (tertiary/aromatic N) is 2. The van der Waals surface area contributed by atoms with Crippen LogP contribution in [0.5, 0.6) is 0 Å². The standard InChI is InChI=1S/C11H27N3/c1-10(12)11(2,3)9-14(6)8-7-13(4)5/h10H,7-9,12H2,1-6H3. The van der Waals surface area contributed by atoms with Crippen LogP contribution in [0.2, 0.25) is 0 Å². The zero-order chi connectivity index (χ0) is 11.4. The van der Waals surface area contributed by atoms with E-state index < -0.39 is 0 Å². The lowest BCUT2D eigenvalue weighted by atomic mass is 9.85. The molecule has 0 bridgehead atoms. The Bertz CT molecular complexity index is 153. The highest BCUT2D eigenvalue weighted by Gasteiger charge is 2.24. The van der Waals surface area contributed by atoms with Crippen molar-refractivity contribution in [2.24, 2.45) is 11.1 Å². The van der Waals surface area contributed by atoms with Crippen LogP contribution in [0.15, 0.2) is 0 Å². The molecule has 14 heavy (non-hydrogen) atoms. The van der Waals surface area contributed by atoms with Gasteiger partial charge in [-0.15, -0.1) is 0 Å². The summed E-state index contributed by atoms with van der Waals surface area (Å²) in [6.45, 7) is 9.79. The molecule has 0 aromatic carbocycles. The Morgan fingerprint density at radius 1 is 1.14 bits per heavy atom. The minimum atomic E-state index is 0.195. The first-order valence-electron chi connectivity index (χ1n) is 5.34. The number of rotatable bonds is 6. The lowest BCUT2D eigenvalue weighted by Gasteiger charge is -2.34. The highest BCUT2D eigenvalue weighted by Crippen LogP contribution is 2.19. The third-order valence-electron chi connectivity index (χ3n) is 2.84. The maximum Gasteiger partial charge on any atom is 0.0106 e. The van der Waals surface area contributed by atoms with E-state index >= 15 is 0 Å². The van der Waals surface area contributed by atoms with Crippen LogP contribution < -0.4 is 5.73 Å². The van der Waals surface area contributed by atoms with E-state index in [9.17, 15) is 0 Å². The molecule has 2 N–H and O–H groups in total. The predicted octanol–water partition coefficient (Wildman–Crippen LogP) is 0.853. The molecule has 0 heterocycles. The fraction of sp³-hybridized carbons (Fsp3) is 1.00. The summed E-state index contributed by atoms with van der Waals surface area (Å²) in [7, 11) is 6.36. The molecule has 0 saturated carbocycles. The highest BCUT2D eigenvalue weighted by atomic mass is 15.2. The topological polar surface area (TPSA) is 32.5 Å². The van der Waals surface area contributed by atoms with Crippen molar-refractivity contribution in [1.29, 1.82) is 0 Å². The lowest BCUT2D eigenvalue weighted by molar-refractivity contribution is 0.173. The monoisotopic (exact) mass is 201 g/mol. The highest BCUT2D eigenvalue weighted by molar-refractivity contribution is 4.80. The van der Waals surface area contributed by atoms with Gasteiger partial charge in [-0.1, -0.05) is 13.8 Å². The molecule has 3 heteroatoms. The van der Waals surface area contributed by atoms with E-state index in [1.807, 2.05) is 0 Å². The van der Waals surface area contributed by atoms with E-state index in [2.05, 4.69) is 51.7 Å². The summed E-state index contributed by atoms with van der Waals surface area (Å²) in [5.74, 6) is 0. The third-order valence-corrected chi connectivity index (χ3v) is 2.84. The van der Waals surface area contributed by atoms with Gasteiger partial charge >= 0.3 is 0 Å². The Morgan fingerprint density at radius 3 is 2.00 bits per heavy atom. The second kappa shape index (κ2) is 5.69. The van der Waals surface area contributed by atoms with E-state index in [-0.39, 0.29) is 11.5 Å². The zero-order valence-corrected chi connectivity index (χ0v) is 10.7. The summed E-state index contributed by atoms with van der Waals surface area (Å²) in [6, 6.07) is 0.240. The van der Waals surface area contributed by atoms with Gasteiger partial charge in [0.15, 0.2) is 0 Å². The first-order valence-corrected chi connectivity index (χ1v) is 5.34. The summed E-state index contributed by atoms with van der Waals surface area (Å²) < 4.78 is 0. The first-order chi connectivity index (χ1) is 6.25. The molecule has 0 aromatic heterocycles. The van der Waals surface area contributed by atoms with Gasteiger partial charge in [0.1, 0.15) is 0 Å². The van der Waals surface area contributed by atoms with Gasteiger partial charge in [-0.3, -0.25) is 0 Å². The van der Waals surface area contributed by atoms with Gasteiger partial charge in [0, 0.05) is 25.7 Å². The zero-order valence-electron chi connectivity index (χ0n) is 10.7. The summed E-state index contributed by atoms with van der Waals surface area (Å²) in [5, 5.41) is 0. The van der Waals surface area contributed by atoms with Crippen LogP contribution in [0.3, 0.4) is 0 Å². The summed E-state index contributed by atoms with van der Waals surface area (Å²) in [6.07, 6.45) is 0. The minimum Gasteiger partial charge on any atom is -0.327 e. The Morgan fingerprint density at radius 2 is 1.64 bits per heavy atom. The fourth-order valence-corrected chi connectivity index (χ4v) is 1.29. The number of nitrogens with two attached hydrogens (primary N) is 1. The average molecular weight is 201 g/mol. The Hall–Kier alpha value is -0.120. The van der Waals surface area contributed by atoms with Crippen molar-refractivity contribution in [1.82, 2.24) is 9.80 Å². The molecular weight excluding hydrogens is 174 g/mol. The van der Waals surface area contributed by atoms with E-state index in [1.54, 1.807) is 0 Å². The summed E-state index contributed by atoms with van der Waals surface area (Å²) in [4.78, 5) is 4.55. The van der Waals surface area contributed by atoms with E-state index in [4.69, 9.17) is 5.73 Å². The molecule has 0 spiro atoms. The fourth-order valence-electron chi connectivity index (χ4n) is 1.29. The van der Waals surface area contributed by atoms with E-state index in [0.29, 0.717) is 0 Å². The predicted molar refractivity (Wildman–Crippen MR) is 63.5 cm³/mol. The van der Waals surface area contributed by atoms with Crippen LogP contribution in [0.25, 0.3) is 0 Å².